The van der Waals surface area contributed by atoms with E-state index in [2.05, 4.69) is 26.0 Å². The standard InChI is InChI=1S/C21H17BrClN3O2/c1-12(27)26-18(11-17(25-26)13-6-8-15(22)9-7-13)16-10-14-4-3-5-19(28-2)20(14)24-21(16)23/h3-10,18H,11H2,1-2H3/t18-/m1/s1. The minimum absolute atomic E-state index is 0.140. The molecular formula is C21H17BrClN3O2. The molecule has 0 fully saturated rings. The SMILES string of the molecule is COc1cccc2cc([C@H]3CC(c4ccc(Br)cc4)=NN3C(C)=O)c(Cl)nc12. The molecule has 28 heavy (non-hydrogen) atoms. The minimum Gasteiger partial charge on any atom is -0.494 e. The van der Waals surface area contributed by atoms with Crippen LogP contribution in [0.3, 0.4) is 0 Å². The lowest BCUT2D eigenvalue weighted by atomic mass is 9.98. The number of halogens is 2. The molecule has 0 saturated carbocycles. The Labute approximate surface area is 176 Å². The molecule has 1 aromatic heterocycles. The molecule has 1 aliphatic heterocycles. The summed E-state index contributed by atoms with van der Waals surface area (Å²) in [4.78, 5) is 16.8. The molecule has 142 valence electrons. The molecule has 4 rings (SSSR count). The molecule has 0 radical (unpaired) electrons. The van der Waals surface area contributed by atoms with Crippen LogP contribution in [0.2, 0.25) is 5.15 Å². The fraction of sp³-hybridized carbons (Fsp3) is 0.190. The predicted octanol–water partition coefficient (Wildman–Crippen LogP) is 5.36. The number of hydrogen-bond acceptors (Lipinski definition) is 4. The molecule has 5 nitrogen and oxygen atoms in total. The summed E-state index contributed by atoms with van der Waals surface area (Å²) in [5.41, 5.74) is 3.28. The van der Waals surface area contributed by atoms with Gasteiger partial charge in [-0.3, -0.25) is 4.79 Å². The fourth-order valence-corrected chi connectivity index (χ4v) is 3.95. The van der Waals surface area contributed by atoms with Crippen molar-refractivity contribution in [3.63, 3.8) is 0 Å². The molecule has 0 bridgehead atoms. The van der Waals surface area contributed by atoms with Crippen LogP contribution in [-0.2, 0) is 4.79 Å². The van der Waals surface area contributed by atoms with Crippen molar-refractivity contribution in [3.05, 3.63) is 69.3 Å². The van der Waals surface area contributed by atoms with Crippen molar-refractivity contribution in [1.82, 2.24) is 9.99 Å². The van der Waals surface area contributed by atoms with Crippen LogP contribution in [0.25, 0.3) is 10.9 Å². The highest BCUT2D eigenvalue weighted by atomic mass is 79.9. The molecular weight excluding hydrogens is 442 g/mol. The number of para-hydroxylation sites is 1. The van der Waals surface area contributed by atoms with E-state index in [9.17, 15) is 4.79 Å². The maximum atomic E-state index is 12.3. The molecule has 0 unspecified atom stereocenters. The fourth-order valence-electron chi connectivity index (χ4n) is 3.42. The van der Waals surface area contributed by atoms with Crippen LogP contribution < -0.4 is 4.74 Å². The number of ether oxygens (including phenoxy) is 1. The maximum absolute atomic E-state index is 12.3. The molecule has 3 aromatic rings. The summed E-state index contributed by atoms with van der Waals surface area (Å²) in [5, 5.41) is 7.32. The van der Waals surface area contributed by atoms with Crippen molar-refractivity contribution in [3.8, 4) is 5.75 Å². The smallest absolute Gasteiger partial charge is 0.240 e. The molecule has 2 heterocycles. The van der Waals surface area contributed by atoms with E-state index in [1.54, 1.807) is 7.11 Å². The van der Waals surface area contributed by atoms with Crippen LogP contribution in [0.1, 0.15) is 30.5 Å². The molecule has 2 aromatic carbocycles. The summed E-state index contributed by atoms with van der Waals surface area (Å²) in [6.45, 7) is 1.51. The van der Waals surface area contributed by atoms with Gasteiger partial charge in [0.25, 0.3) is 0 Å². The second-order valence-corrected chi connectivity index (χ2v) is 7.81. The van der Waals surface area contributed by atoms with Gasteiger partial charge < -0.3 is 4.74 Å². The second-order valence-electron chi connectivity index (χ2n) is 6.54. The van der Waals surface area contributed by atoms with Gasteiger partial charge in [-0.2, -0.15) is 5.10 Å². The Kier molecular flexibility index (Phi) is 5.08. The third kappa shape index (κ3) is 3.38. The van der Waals surface area contributed by atoms with Gasteiger partial charge in [0.2, 0.25) is 5.91 Å². The summed E-state index contributed by atoms with van der Waals surface area (Å²) >= 11 is 9.98. The number of fused-ring (bicyclic) bond motifs is 1. The van der Waals surface area contributed by atoms with Crippen LogP contribution in [0, 0.1) is 0 Å². The molecule has 1 aliphatic rings. The Morgan fingerprint density at radius 3 is 2.68 bits per heavy atom. The van der Waals surface area contributed by atoms with E-state index in [1.165, 1.54) is 11.9 Å². The summed E-state index contributed by atoms with van der Waals surface area (Å²) in [6, 6.07) is 15.2. The number of nitrogens with zero attached hydrogens (tertiary/aromatic N) is 3. The number of hydrazone groups is 1. The van der Waals surface area contributed by atoms with Crippen LogP contribution in [0.15, 0.2) is 58.1 Å². The zero-order valence-electron chi connectivity index (χ0n) is 15.3. The highest BCUT2D eigenvalue weighted by Gasteiger charge is 2.33. The molecule has 7 heteroatoms. The van der Waals surface area contributed by atoms with E-state index in [0.717, 1.165) is 26.7 Å². The summed E-state index contributed by atoms with van der Waals surface area (Å²) in [6.07, 6.45) is 0.568. The Morgan fingerprint density at radius 1 is 1.25 bits per heavy atom. The average Bonchev–Trinajstić information content (AvgIpc) is 3.13. The quantitative estimate of drug-likeness (QED) is 0.497. The number of carbonyl (C=O) groups excluding carboxylic acids is 1. The number of pyridine rings is 1. The molecule has 1 amide bonds. The van der Waals surface area contributed by atoms with Gasteiger partial charge in [-0.1, -0.05) is 51.8 Å². The van der Waals surface area contributed by atoms with Gasteiger partial charge in [-0.25, -0.2) is 9.99 Å². The van der Waals surface area contributed by atoms with Gasteiger partial charge in [0.15, 0.2) is 0 Å². The lowest BCUT2D eigenvalue weighted by molar-refractivity contribution is -0.130. The minimum atomic E-state index is -0.299. The van der Waals surface area contributed by atoms with Gasteiger partial charge in [-0.05, 0) is 29.8 Å². The summed E-state index contributed by atoms with van der Waals surface area (Å²) < 4.78 is 6.37. The lowest BCUT2D eigenvalue weighted by Gasteiger charge is -2.21. The summed E-state index contributed by atoms with van der Waals surface area (Å²) in [7, 11) is 1.60. The van der Waals surface area contributed by atoms with Crippen molar-refractivity contribution in [2.24, 2.45) is 5.10 Å². The Morgan fingerprint density at radius 2 is 2.00 bits per heavy atom. The van der Waals surface area contributed by atoms with Crippen molar-refractivity contribution >= 4 is 50.1 Å². The van der Waals surface area contributed by atoms with E-state index < -0.39 is 0 Å². The average molecular weight is 459 g/mol. The number of hydrogen-bond donors (Lipinski definition) is 0. The van der Waals surface area contributed by atoms with Crippen molar-refractivity contribution in [1.29, 1.82) is 0 Å². The molecule has 0 spiro atoms. The van der Waals surface area contributed by atoms with E-state index in [4.69, 9.17) is 16.3 Å². The first-order valence-corrected chi connectivity index (χ1v) is 9.91. The first-order valence-electron chi connectivity index (χ1n) is 8.74. The molecule has 0 aliphatic carbocycles. The van der Waals surface area contributed by atoms with Crippen molar-refractivity contribution in [2.75, 3.05) is 7.11 Å². The Bertz CT molecular complexity index is 1100. The van der Waals surface area contributed by atoms with Crippen LogP contribution in [0.4, 0.5) is 0 Å². The van der Waals surface area contributed by atoms with E-state index in [0.29, 0.717) is 22.8 Å². The molecule has 0 saturated heterocycles. The first kappa shape index (κ1) is 18.9. The van der Waals surface area contributed by atoms with Gasteiger partial charge in [0.05, 0.1) is 18.9 Å². The number of benzene rings is 2. The van der Waals surface area contributed by atoms with Gasteiger partial charge >= 0.3 is 0 Å². The Hall–Kier alpha value is -2.44. The van der Waals surface area contributed by atoms with Crippen LogP contribution in [-0.4, -0.2) is 28.7 Å². The van der Waals surface area contributed by atoms with Crippen LogP contribution in [0.5, 0.6) is 5.75 Å². The third-order valence-electron chi connectivity index (χ3n) is 4.78. The molecule has 1 atom stereocenters. The lowest BCUT2D eigenvalue weighted by Crippen LogP contribution is -2.24. The highest BCUT2D eigenvalue weighted by Crippen LogP contribution is 2.38. The number of methoxy groups -OCH3 is 1. The van der Waals surface area contributed by atoms with Crippen molar-refractivity contribution in [2.45, 2.75) is 19.4 Å². The first-order chi connectivity index (χ1) is 13.5. The Balaban J connectivity index is 1.77. The van der Waals surface area contributed by atoms with Gasteiger partial charge in [-0.15, -0.1) is 0 Å². The normalized spacial score (nSPS) is 16.4. The number of carbonyl (C=O) groups is 1. The number of aromatic nitrogens is 1. The maximum Gasteiger partial charge on any atom is 0.240 e. The topological polar surface area (TPSA) is 54.8 Å². The van der Waals surface area contributed by atoms with E-state index in [1.807, 2.05) is 48.5 Å². The van der Waals surface area contributed by atoms with Crippen LogP contribution >= 0.6 is 27.5 Å². The number of rotatable bonds is 3. The van der Waals surface area contributed by atoms with E-state index in [-0.39, 0.29) is 11.9 Å². The van der Waals surface area contributed by atoms with Gasteiger partial charge in [0.1, 0.15) is 16.4 Å². The monoisotopic (exact) mass is 457 g/mol. The highest BCUT2D eigenvalue weighted by molar-refractivity contribution is 9.10. The van der Waals surface area contributed by atoms with Crippen molar-refractivity contribution < 1.29 is 9.53 Å². The summed E-state index contributed by atoms with van der Waals surface area (Å²) in [5.74, 6) is 0.520. The van der Waals surface area contributed by atoms with Gasteiger partial charge in [0, 0.05) is 28.8 Å². The third-order valence-corrected chi connectivity index (χ3v) is 5.61. The van der Waals surface area contributed by atoms with E-state index >= 15 is 0 Å². The number of amides is 1. The molecule has 0 N–H and O–H groups in total. The zero-order valence-corrected chi connectivity index (χ0v) is 17.7. The second kappa shape index (κ2) is 7.53. The largest absolute Gasteiger partial charge is 0.494 e. The predicted molar refractivity (Wildman–Crippen MR) is 114 cm³/mol. The zero-order chi connectivity index (χ0) is 19.8.